The summed E-state index contributed by atoms with van der Waals surface area (Å²) < 4.78 is 0. The molecule has 0 bridgehead atoms. The summed E-state index contributed by atoms with van der Waals surface area (Å²) in [6, 6.07) is 6.73. The molecule has 112 valence electrons. The fourth-order valence-corrected chi connectivity index (χ4v) is 2.03. The van der Waals surface area contributed by atoms with Gasteiger partial charge in [-0.1, -0.05) is 27.7 Å². The smallest absolute Gasteiger partial charge is 0.278 e. The molecule has 2 rings (SSSR count). The number of hydrogen-bond donors (Lipinski definition) is 1. The van der Waals surface area contributed by atoms with Crippen molar-refractivity contribution in [3.05, 3.63) is 40.6 Å². The molecule has 5 heteroatoms. The number of non-ortho nitro benzene ring substituents is 1. The first-order chi connectivity index (χ1) is 9.80. The highest BCUT2D eigenvalue weighted by atomic mass is 16.6. The average Bonchev–Trinajstić information content (AvgIpc) is 2.42. The molecule has 0 amide bonds. The highest BCUT2D eigenvalue weighted by Crippen LogP contribution is 2.31. The number of benzene rings is 1. The molecule has 1 unspecified atom stereocenters. The predicted molar refractivity (Wildman–Crippen MR) is 85.5 cm³/mol. The molecule has 1 atom stereocenters. The van der Waals surface area contributed by atoms with Gasteiger partial charge in [0.25, 0.3) is 5.69 Å². The van der Waals surface area contributed by atoms with E-state index in [9.17, 15) is 10.1 Å². The van der Waals surface area contributed by atoms with Crippen molar-refractivity contribution in [1.29, 1.82) is 0 Å². The fraction of sp³-hybridized carbons (Fsp3) is 0.438. The molecule has 1 aromatic heterocycles. The summed E-state index contributed by atoms with van der Waals surface area (Å²) in [6.45, 7) is 9.59. The standard InChI is InChI=1S/C16H21N3O2/c1-11(16(2,3)4)10-18-13-7-8-14(19(20)21)12-6-5-9-17-15(12)13/h5-9,11,18H,10H2,1-4H3. The normalized spacial score (nSPS) is 13.1. The van der Waals surface area contributed by atoms with E-state index in [1.807, 2.05) is 0 Å². The van der Waals surface area contributed by atoms with Crippen LogP contribution in [0, 0.1) is 21.4 Å². The van der Waals surface area contributed by atoms with Crippen molar-refractivity contribution in [1.82, 2.24) is 4.98 Å². The third kappa shape index (κ3) is 3.29. The largest absolute Gasteiger partial charge is 0.383 e. The molecule has 0 aliphatic carbocycles. The molecule has 0 spiro atoms. The molecule has 1 N–H and O–H groups in total. The lowest BCUT2D eigenvalue weighted by atomic mass is 9.82. The first kappa shape index (κ1) is 15.2. The number of rotatable bonds is 4. The van der Waals surface area contributed by atoms with Gasteiger partial charge in [-0.3, -0.25) is 15.1 Å². The second-order valence-corrected chi connectivity index (χ2v) is 6.44. The number of hydrogen-bond acceptors (Lipinski definition) is 4. The van der Waals surface area contributed by atoms with E-state index in [1.54, 1.807) is 24.4 Å². The Morgan fingerprint density at radius 2 is 2.05 bits per heavy atom. The zero-order valence-electron chi connectivity index (χ0n) is 12.9. The lowest BCUT2D eigenvalue weighted by Crippen LogP contribution is -2.24. The maximum absolute atomic E-state index is 11.1. The van der Waals surface area contributed by atoms with Crippen molar-refractivity contribution in [3.63, 3.8) is 0 Å². The summed E-state index contributed by atoms with van der Waals surface area (Å²) in [5.74, 6) is 0.464. The molecule has 0 aliphatic heterocycles. The lowest BCUT2D eigenvalue weighted by Gasteiger charge is -2.27. The van der Waals surface area contributed by atoms with Crippen molar-refractivity contribution in [2.75, 3.05) is 11.9 Å². The molecule has 0 saturated carbocycles. The molecular weight excluding hydrogens is 266 g/mol. The number of aromatic nitrogens is 1. The molecule has 1 heterocycles. The summed E-state index contributed by atoms with van der Waals surface area (Å²) in [5.41, 5.74) is 1.78. The van der Waals surface area contributed by atoms with Gasteiger partial charge in [0.2, 0.25) is 0 Å². The van der Waals surface area contributed by atoms with Crippen molar-refractivity contribution in [2.45, 2.75) is 27.7 Å². The minimum Gasteiger partial charge on any atom is -0.383 e. The van der Waals surface area contributed by atoms with Crippen LogP contribution in [0.1, 0.15) is 27.7 Å². The summed E-state index contributed by atoms with van der Waals surface area (Å²) in [5, 5.41) is 15.0. The Labute approximate surface area is 124 Å². The molecule has 1 aromatic carbocycles. The highest BCUT2D eigenvalue weighted by molar-refractivity contribution is 5.96. The second-order valence-electron chi connectivity index (χ2n) is 6.44. The van der Waals surface area contributed by atoms with Crippen LogP contribution in [0.15, 0.2) is 30.5 Å². The third-order valence-corrected chi connectivity index (χ3v) is 4.02. The van der Waals surface area contributed by atoms with Gasteiger partial charge in [-0.15, -0.1) is 0 Å². The van der Waals surface area contributed by atoms with Gasteiger partial charge in [-0.25, -0.2) is 0 Å². The number of nitrogens with one attached hydrogen (secondary N) is 1. The van der Waals surface area contributed by atoms with E-state index in [-0.39, 0.29) is 16.0 Å². The number of anilines is 1. The van der Waals surface area contributed by atoms with Crippen LogP contribution in [-0.2, 0) is 0 Å². The van der Waals surface area contributed by atoms with E-state index >= 15 is 0 Å². The number of nitro groups is 1. The lowest BCUT2D eigenvalue weighted by molar-refractivity contribution is -0.383. The SMILES string of the molecule is CC(CNc1ccc([N+](=O)[O-])c2cccnc12)C(C)(C)C. The van der Waals surface area contributed by atoms with Crippen LogP contribution in [-0.4, -0.2) is 16.5 Å². The number of pyridine rings is 1. The number of nitro benzene ring substituents is 1. The van der Waals surface area contributed by atoms with Gasteiger partial charge < -0.3 is 5.32 Å². The van der Waals surface area contributed by atoms with Crippen LogP contribution in [0.25, 0.3) is 10.9 Å². The fourth-order valence-electron chi connectivity index (χ4n) is 2.03. The molecule has 0 radical (unpaired) electrons. The van der Waals surface area contributed by atoms with Gasteiger partial charge >= 0.3 is 0 Å². The second kappa shape index (κ2) is 5.68. The van der Waals surface area contributed by atoms with Gasteiger partial charge in [-0.2, -0.15) is 0 Å². The molecule has 0 fully saturated rings. The maximum Gasteiger partial charge on any atom is 0.278 e. The highest BCUT2D eigenvalue weighted by Gasteiger charge is 2.20. The van der Waals surface area contributed by atoms with Crippen molar-refractivity contribution >= 4 is 22.3 Å². The van der Waals surface area contributed by atoms with E-state index in [0.29, 0.717) is 16.8 Å². The Hall–Kier alpha value is -2.17. The Bertz CT molecular complexity index is 662. The molecular formula is C16H21N3O2. The van der Waals surface area contributed by atoms with Crippen molar-refractivity contribution in [3.8, 4) is 0 Å². The van der Waals surface area contributed by atoms with Gasteiger partial charge in [0.15, 0.2) is 0 Å². The number of fused-ring (bicyclic) bond motifs is 1. The molecule has 21 heavy (non-hydrogen) atoms. The first-order valence-corrected chi connectivity index (χ1v) is 7.06. The van der Waals surface area contributed by atoms with Gasteiger partial charge in [0.05, 0.1) is 16.0 Å². The van der Waals surface area contributed by atoms with Gasteiger partial charge in [0, 0.05) is 18.8 Å². The topological polar surface area (TPSA) is 68.1 Å². The summed E-state index contributed by atoms with van der Waals surface area (Å²) in [7, 11) is 0. The van der Waals surface area contributed by atoms with E-state index in [2.05, 4.69) is 38.0 Å². The molecule has 0 aliphatic rings. The molecule has 2 aromatic rings. The quantitative estimate of drug-likeness (QED) is 0.674. The zero-order chi connectivity index (χ0) is 15.6. The van der Waals surface area contributed by atoms with E-state index in [1.165, 1.54) is 6.07 Å². The zero-order valence-corrected chi connectivity index (χ0v) is 12.9. The van der Waals surface area contributed by atoms with Crippen LogP contribution in [0.3, 0.4) is 0 Å². The molecule has 0 saturated heterocycles. The molecule has 5 nitrogen and oxygen atoms in total. The predicted octanol–water partition coefficient (Wildman–Crippen LogP) is 4.24. The number of nitrogens with zero attached hydrogens (tertiary/aromatic N) is 2. The summed E-state index contributed by atoms with van der Waals surface area (Å²) >= 11 is 0. The van der Waals surface area contributed by atoms with Crippen molar-refractivity contribution in [2.24, 2.45) is 11.3 Å². The minimum absolute atomic E-state index is 0.0903. The van der Waals surface area contributed by atoms with Crippen LogP contribution >= 0.6 is 0 Å². The Kier molecular flexibility index (Phi) is 4.11. The third-order valence-electron chi connectivity index (χ3n) is 4.02. The van der Waals surface area contributed by atoms with E-state index in [4.69, 9.17) is 0 Å². The Balaban J connectivity index is 2.34. The van der Waals surface area contributed by atoms with Gasteiger partial charge in [0.1, 0.15) is 5.52 Å². The van der Waals surface area contributed by atoms with Crippen LogP contribution < -0.4 is 5.32 Å². The van der Waals surface area contributed by atoms with Crippen molar-refractivity contribution < 1.29 is 4.92 Å². The minimum atomic E-state index is -0.369. The van der Waals surface area contributed by atoms with E-state index in [0.717, 1.165) is 12.2 Å². The Morgan fingerprint density at radius 1 is 1.33 bits per heavy atom. The summed E-state index contributed by atoms with van der Waals surface area (Å²) in [6.07, 6.45) is 1.66. The Morgan fingerprint density at radius 3 is 2.67 bits per heavy atom. The van der Waals surface area contributed by atoms with Crippen LogP contribution in [0.4, 0.5) is 11.4 Å². The summed E-state index contributed by atoms with van der Waals surface area (Å²) in [4.78, 5) is 15.0. The van der Waals surface area contributed by atoms with E-state index < -0.39 is 0 Å². The van der Waals surface area contributed by atoms with Crippen LogP contribution in [0.2, 0.25) is 0 Å². The monoisotopic (exact) mass is 287 g/mol. The average molecular weight is 287 g/mol. The maximum atomic E-state index is 11.1. The van der Waals surface area contributed by atoms with Crippen LogP contribution in [0.5, 0.6) is 0 Å². The van der Waals surface area contributed by atoms with Gasteiger partial charge in [-0.05, 0) is 29.5 Å². The first-order valence-electron chi connectivity index (χ1n) is 7.06.